The van der Waals surface area contributed by atoms with Gasteiger partial charge in [0.15, 0.2) is 0 Å². The Bertz CT molecular complexity index is 657. The summed E-state index contributed by atoms with van der Waals surface area (Å²) in [6, 6.07) is 14.6. The van der Waals surface area contributed by atoms with Crippen molar-refractivity contribution in [2.75, 3.05) is 23.3 Å². The number of halogens is 1. The van der Waals surface area contributed by atoms with Gasteiger partial charge in [0.1, 0.15) is 5.82 Å². The maximum absolute atomic E-state index is 14.1. The average Bonchev–Trinajstić information content (AvgIpc) is 2.54. The number of fused-ring (bicyclic) bond motifs is 1. The van der Waals surface area contributed by atoms with Crippen molar-refractivity contribution in [2.45, 2.75) is 19.3 Å². The fraction of sp³-hybridized carbons (Fsp3) is 0.278. The quantitative estimate of drug-likeness (QED) is 0.935. The van der Waals surface area contributed by atoms with E-state index in [1.807, 2.05) is 41.3 Å². The summed E-state index contributed by atoms with van der Waals surface area (Å²) in [7, 11) is 0. The molecule has 22 heavy (non-hydrogen) atoms. The number of rotatable bonds is 4. The fourth-order valence-corrected chi connectivity index (χ4v) is 2.89. The molecule has 0 bridgehead atoms. The maximum Gasteiger partial charge on any atom is 0.226 e. The minimum Gasteiger partial charge on any atom is -0.368 e. The zero-order valence-corrected chi connectivity index (χ0v) is 12.4. The molecule has 0 saturated heterocycles. The second-order valence-electron chi connectivity index (χ2n) is 5.50. The van der Waals surface area contributed by atoms with Crippen molar-refractivity contribution in [3.05, 3.63) is 59.9 Å². The summed E-state index contributed by atoms with van der Waals surface area (Å²) in [4.78, 5) is 14.0. The molecule has 2 aromatic carbocycles. The van der Waals surface area contributed by atoms with Crippen molar-refractivity contribution in [1.29, 1.82) is 0 Å². The van der Waals surface area contributed by atoms with Crippen LogP contribution in [0.15, 0.2) is 48.5 Å². The molecular weight excluding hydrogens is 279 g/mol. The molecule has 0 aliphatic carbocycles. The first-order valence-electron chi connectivity index (χ1n) is 7.61. The minimum absolute atomic E-state index is 0.0466. The Labute approximate surface area is 129 Å². The lowest BCUT2D eigenvalue weighted by atomic mass is 10.0. The van der Waals surface area contributed by atoms with E-state index in [1.54, 1.807) is 6.07 Å². The summed E-state index contributed by atoms with van der Waals surface area (Å²) in [5, 5.41) is 2.86. The molecule has 114 valence electrons. The Hall–Kier alpha value is -2.36. The van der Waals surface area contributed by atoms with Crippen molar-refractivity contribution in [3.63, 3.8) is 0 Å². The van der Waals surface area contributed by atoms with Gasteiger partial charge in [-0.2, -0.15) is 0 Å². The Morgan fingerprint density at radius 1 is 1.14 bits per heavy atom. The van der Waals surface area contributed by atoms with E-state index in [9.17, 15) is 9.18 Å². The monoisotopic (exact) mass is 298 g/mol. The third-order valence-electron chi connectivity index (χ3n) is 3.93. The summed E-state index contributed by atoms with van der Waals surface area (Å²) in [5.41, 5.74) is 2.49. The SMILES string of the molecule is O=C(CCN1CCCc2cccc(F)c21)Nc1ccccc1. The Kier molecular flexibility index (Phi) is 4.37. The molecule has 4 heteroatoms. The van der Waals surface area contributed by atoms with Gasteiger partial charge in [-0.25, -0.2) is 4.39 Å². The highest BCUT2D eigenvalue weighted by atomic mass is 19.1. The van der Waals surface area contributed by atoms with Crippen LogP contribution in [0.5, 0.6) is 0 Å². The van der Waals surface area contributed by atoms with E-state index in [0.717, 1.165) is 30.6 Å². The van der Waals surface area contributed by atoms with Crippen molar-refractivity contribution in [1.82, 2.24) is 0 Å². The van der Waals surface area contributed by atoms with Crippen LogP contribution in [-0.2, 0) is 11.2 Å². The molecule has 0 fully saturated rings. The molecule has 3 nitrogen and oxygen atoms in total. The van der Waals surface area contributed by atoms with E-state index in [1.165, 1.54) is 6.07 Å². The van der Waals surface area contributed by atoms with E-state index in [0.29, 0.717) is 18.7 Å². The Morgan fingerprint density at radius 3 is 2.77 bits per heavy atom. The predicted molar refractivity (Wildman–Crippen MR) is 86.6 cm³/mol. The molecule has 1 amide bonds. The molecule has 0 radical (unpaired) electrons. The van der Waals surface area contributed by atoms with E-state index in [2.05, 4.69) is 5.32 Å². The molecule has 0 aromatic heterocycles. The number of aryl methyl sites for hydroxylation is 1. The van der Waals surface area contributed by atoms with Gasteiger partial charge in [-0.3, -0.25) is 4.79 Å². The second-order valence-corrected chi connectivity index (χ2v) is 5.50. The van der Waals surface area contributed by atoms with Crippen LogP contribution in [0.25, 0.3) is 0 Å². The zero-order chi connectivity index (χ0) is 15.4. The largest absolute Gasteiger partial charge is 0.368 e. The first-order valence-corrected chi connectivity index (χ1v) is 7.61. The highest BCUT2D eigenvalue weighted by Gasteiger charge is 2.20. The number of benzene rings is 2. The molecule has 3 rings (SSSR count). The van der Waals surface area contributed by atoms with E-state index in [4.69, 9.17) is 0 Å². The standard InChI is InChI=1S/C18H19FN2O/c19-16-10-4-6-14-7-5-12-21(18(14)16)13-11-17(22)20-15-8-2-1-3-9-15/h1-4,6,8-10H,5,7,11-13H2,(H,20,22). The van der Waals surface area contributed by atoms with E-state index in [-0.39, 0.29) is 11.7 Å². The van der Waals surface area contributed by atoms with Crippen LogP contribution in [0.2, 0.25) is 0 Å². The molecule has 1 N–H and O–H groups in total. The van der Waals surface area contributed by atoms with Gasteiger partial charge in [0.25, 0.3) is 0 Å². The Morgan fingerprint density at radius 2 is 1.95 bits per heavy atom. The average molecular weight is 298 g/mol. The van der Waals surface area contributed by atoms with Crippen molar-refractivity contribution in [2.24, 2.45) is 0 Å². The van der Waals surface area contributed by atoms with Gasteiger partial charge in [0.05, 0.1) is 5.69 Å². The van der Waals surface area contributed by atoms with Crippen LogP contribution in [0.3, 0.4) is 0 Å². The molecule has 2 aromatic rings. The normalized spacial score (nSPS) is 13.6. The van der Waals surface area contributed by atoms with Gasteiger partial charge in [0, 0.05) is 25.2 Å². The highest BCUT2D eigenvalue weighted by molar-refractivity contribution is 5.91. The summed E-state index contributed by atoms with van der Waals surface area (Å²) in [6.45, 7) is 1.33. The van der Waals surface area contributed by atoms with Crippen LogP contribution in [0, 0.1) is 5.82 Å². The van der Waals surface area contributed by atoms with E-state index < -0.39 is 0 Å². The van der Waals surface area contributed by atoms with Gasteiger partial charge in [-0.1, -0.05) is 30.3 Å². The van der Waals surface area contributed by atoms with Crippen LogP contribution in [-0.4, -0.2) is 19.0 Å². The van der Waals surface area contributed by atoms with E-state index >= 15 is 0 Å². The smallest absolute Gasteiger partial charge is 0.226 e. The minimum atomic E-state index is -0.194. The van der Waals surface area contributed by atoms with Gasteiger partial charge in [-0.15, -0.1) is 0 Å². The number of anilines is 2. The number of nitrogens with zero attached hydrogens (tertiary/aromatic N) is 1. The number of para-hydroxylation sites is 2. The number of hydrogen-bond donors (Lipinski definition) is 1. The van der Waals surface area contributed by atoms with Gasteiger partial charge >= 0.3 is 0 Å². The summed E-state index contributed by atoms with van der Waals surface area (Å²) in [5.74, 6) is -0.240. The van der Waals surface area contributed by atoms with Crippen LogP contribution >= 0.6 is 0 Å². The van der Waals surface area contributed by atoms with Crippen molar-refractivity contribution < 1.29 is 9.18 Å². The molecule has 0 spiro atoms. The first-order chi connectivity index (χ1) is 10.7. The van der Waals surface area contributed by atoms with Crippen molar-refractivity contribution >= 4 is 17.3 Å². The number of amides is 1. The third kappa shape index (κ3) is 3.27. The lowest BCUT2D eigenvalue weighted by Gasteiger charge is -2.31. The molecule has 1 heterocycles. The molecule has 0 unspecified atom stereocenters. The number of carbonyl (C=O) groups excluding carboxylic acids is 1. The van der Waals surface area contributed by atoms with Gasteiger partial charge in [0.2, 0.25) is 5.91 Å². The molecule has 0 saturated carbocycles. The van der Waals surface area contributed by atoms with Crippen LogP contribution in [0.1, 0.15) is 18.4 Å². The third-order valence-corrected chi connectivity index (χ3v) is 3.93. The molecule has 0 atom stereocenters. The highest BCUT2D eigenvalue weighted by Crippen LogP contribution is 2.29. The lowest BCUT2D eigenvalue weighted by Crippen LogP contribution is -2.33. The maximum atomic E-state index is 14.1. The van der Waals surface area contributed by atoms with Gasteiger partial charge in [-0.05, 0) is 36.6 Å². The molecular formula is C18H19FN2O. The number of hydrogen-bond acceptors (Lipinski definition) is 2. The molecule has 1 aliphatic rings. The topological polar surface area (TPSA) is 32.3 Å². The summed E-state index contributed by atoms with van der Waals surface area (Å²) >= 11 is 0. The molecule has 1 aliphatic heterocycles. The predicted octanol–water partition coefficient (Wildman–Crippen LogP) is 3.61. The number of nitrogens with one attached hydrogen (secondary N) is 1. The summed E-state index contributed by atoms with van der Waals surface area (Å²) < 4.78 is 14.1. The second kappa shape index (κ2) is 6.60. The van der Waals surface area contributed by atoms with Crippen LogP contribution < -0.4 is 10.2 Å². The summed E-state index contributed by atoms with van der Waals surface area (Å²) in [6.07, 6.45) is 2.25. The van der Waals surface area contributed by atoms with Crippen molar-refractivity contribution in [3.8, 4) is 0 Å². The first kappa shape index (κ1) is 14.6. The fourth-order valence-electron chi connectivity index (χ4n) is 2.89. The van der Waals surface area contributed by atoms with Gasteiger partial charge < -0.3 is 10.2 Å². The number of carbonyl (C=O) groups is 1. The zero-order valence-electron chi connectivity index (χ0n) is 12.4. The lowest BCUT2D eigenvalue weighted by molar-refractivity contribution is -0.116. The Balaban J connectivity index is 1.62. The van der Waals surface area contributed by atoms with Crippen LogP contribution in [0.4, 0.5) is 15.8 Å².